The molecule has 0 saturated heterocycles. The molecule has 3 saturated carbocycles. The van der Waals surface area contributed by atoms with Gasteiger partial charge in [0.15, 0.2) is 0 Å². The summed E-state index contributed by atoms with van der Waals surface area (Å²) in [4.78, 5) is 12.8. The van der Waals surface area contributed by atoms with E-state index in [-0.39, 0.29) is 23.3 Å². The summed E-state index contributed by atoms with van der Waals surface area (Å²) in [7, 11) is 0. The highest BCUT2D eigenvalue weighted by Crippen LogP contribution is 2.62. The Morgan fingerprint density at radius 1 is 1.19 bits per heavy atom. The van der Waals surface area contributed by atoms with Crippen molar-refractivity contribution in [2.45, 2.75) is 78.3 Å². The minimum Gasteiger partial charge on any atom is -0.352 e. The number of amides is 1. The first-order valence-electron chi connectivity index (χ1n) is 8.80. The average Bonchev–Trinajstić information content (AvgIpc) is 2.88. The monoisotopic (exact) mass is 292 g/mol. The van der Waals surface area contributed by atoms with Gasteiger partial charge in [-0.3, -0.25) is 4.79 Å². The quantitative estimate of drug-likeness (QED) is 0.822. The molecule has 3 rings (SSSR count). The first-order valence-corrected chi connectivity index (χ1v) is 8.80. The van der Waals surface area contributed by atoms with Crippen molar-refractivity contribution in [3.63, 3.8) is 0 Å². The van der Waals surface area contributed by atoms with E-state index in [0.29, 0.717) is 17.4 Å². The van der Waals surface area contributed by atoms with Gasteiger partial charge in [-0.2, -0.15) is 0 Å². The number of carbonyl (C=O) groups is 1. The van der Waals surface area contributed by atoms with E-state index in [4.69, 9.17) is 5.73 Å². The second-order valence-electron chi connectivity index (χ2n) is 9.05. The zero-order valence-electron chi connectivity index (χ0n) is 14.1. The molecule has 0 aromatic carbocycles. The fourth-order valence-electron chi connectivity index (χ4n) is 5.62. The summed E-state index contributed by atoms with van der Waals surface area (Å²) in [5, 5.41) is 3.44. The first kappa shape index (κ1) is 15.3. The lowest BCUT2D eigenvalue weighted by atomic mass is 9.68. The van der Waals surface area contributed by atoms with Crippen molar-refractivity contribution in [3.05, 3.63) is 0 Å². The smallest absolute Gasteiger partial charge is 0.224 e. The van der Waals surface area contributed by atoms with Gasteiger partial charge in [-0.05, 0) is 61.2 Å². The molecule has 21 heavy (non-hydrogen) atoms. The van der Waals surface area contributed by atoms with Gasteiger partial charge in [0.1, 0.15) is 0 Å². The topological polar surface area (TPSA) is 55.1 Å². The van der Waals surface area contributed by atoms with Crippen LogP contribution in [0.1, 0.15) is 66.2 Å². The van der Waals surface area contributed by atoms with Crippen LogP contribution in [0.15, 0.2) is 0 Å². The summed E-state index contributed by atoms with van der Waals surface area (Å²) in [6, 6.07) is 0.372. The van der Waals surface area contributed by atoms with Crippen molar-refractivity contribution >= 4 is 5.91 Å². The van der Waals surface area contributed by atoms with Crippen molar-refractivity contribution in [1.29, 1.82) is 0 Å². The number of carbonyl (C=O) groups excluding carboxylic acids is 1. The second kappa shape index (κ2) is 4.97. The minimum absolute atomic E-state index is 0.0206. The molecule has 3 N–H and O–H groups in total. The lowest BCUT2D eigenvalue weighted by molar-refractivity contribution is -0.129. The largest absolute Gasteiger partial charge is 0.352 e. The van der Waals surface area contributed by atoms with Gasteiger partial charge in [0.05, 0.1) is 5.92 Å². The van der Waals surface area contributed by atoms with E-state index < -0.39 is 0 Å². The summed E-state index contributed by atoms with van der Waals surface area (Å²) < 4.78 is 0. The van der Waals surface area contributed by atoms with Crippen LogP contribution in [0.2, 0.25) is 0 Å². The molecule has 0 radical (unpaired) electrons. The Kier molecular flexibility index (Phi) is 3.63. The summed E-state index contributed by atoms with van der Waals surface area (Å²) in [5.74, 6) is 1.64. The summed E-state index contributed by atoms with van der Waals surface area (Å²) in [6.07, 6.45) is 6.99. The number of hydrogen-bond donors (Lipinski definition) is 2. The van der Waals surface area contributed by atoms with Gasteiger partial charge >= 0.3 is 0 Å². The number of hydrogen-bond acceptors (Lipinski definition) is 2. The summed E-state index contributed by atoms with van der Waals surface area (Å²) >= 11 is 0. The molecule has 6 atom stereocenters. The van der Waals surface area contributed by atoms with E-state index in [1.165, 1.54) is 25.7 Å². The predicted molar refractivity (Wildman–Crippen MR) is 85.6 cm³/mol. The molecule has 2 bridgehead atoms. The lowest BCUT2D eigenvalue weighted by Gasteiger charge is -2.44. The SMILES string of the molecule is CC1CCC(N)C(C(=O)NC2C3(C)CCC(C3)C2(C)C)C1. The molecule has 3 aliphatic rings. The van der Waals surface area contributed by atoms with Gasteiger partial charge < -0.3 is 11.1 Å². The number of nitrogens with two attached hydrogens (primary N) is 1. The molecule has 0 spiro atoms. The molecule has 3 aliphatic carbocycles. The van der Waals surface area contributed by atoms with Gasteiger partial charge in [0, 0.05) is 12.1 Å². The summed E-state index contributed by atoms with van der Waals surface area (Å²) in [6.45, 7) is 9.30. The van der Waals surface area contributed by atoms with Crippen molar-refractivity contribution in [3.8, 4) is 0 Å². The molecular formula is C18H32N2O. The Bertz CT molecular complexity index is 428. The molecule has 0 aromatic rings. The molecule has 120 valence electrons. The highest BCUT2D eigenvalue weighted by molar-refractivity contribution is 5.80. The van der Waals surface area contributed by atoms with Crippen molar-refractivity contribution in [1.82, 2.24) is 5.32 Å². The van der Waals surface area contributed by atoms with Gasteiger partial charge in [-0.1, -0.05) is 27.7 Å². The van der Waals surface area contributed by atoms with Gasteiger partial charge in [0.25, 0.3) is 0 Å². The molecule has 3 nitrogen and oxygen atoms in total. The van der Waals surface area contributed by atoms with Crippen LogP contribution in [0, 0.1) is 28.6 Å². The maximum atomic E-state index is 12.8. The highest BCUT2D eigenvalue weighted by Gasteiger charge is 2.60. The lowest BCUT2D eigenvalue weighted by Crippen LogP contribution is -2.56. The van der Waals surface area contributed by atoms with Crippen molar-refractivity contribution < 1.29 is 4.79 Å². The number of nitrogens with one attached hydrogen (secondary N) is 1. The van der Waals surface area contributed by atoms with E-state index in [1.807, 2.05) is 0 Å². The van der Waals surface area contributed by atoms with Crippen molar-refractivity contribution in [2.24, 2.45) is 34.3 Å². The third-order valence-electron chi connectivity index (χ3n) is 7.06. The molecule has 3 fully saturated rings. The van der Waals surface area contributed by atoms with Gasteiger partial charge in [-0.25, -0.2) is 0 Å². The Labute approximate surface area is 129 Å². The van der Waals surface area contributed by atoms with E-state index >= 15 is 0 Å². The zero-order chi connectivity index (χ0) is 15.4. The minimum atomic E-state index is 0.0206. The molecule has 6 unspecified atom stereocenters. The first-order chi connectivity index (χ1) is 9.74. The van der Waals surface area contributed by atoms with Crippen LogP contribution < -0.4 is 11.1 Å². The zero-order valence-corrected chi connectivity index (χ0v) is 14.1. The summed E-state index contributed by atoms with van der Waals surface area (Å²) in [5.41, 5.74) is 6.76. The van der Waals surface area contributed by atoms with E-state index in [9.17, 15) is 4.79 Å². The predicted octanol–water partition coefficient (Wildman–Crippen LogP) is 3.08. The molecular weight excluding hydrogens is 260 g/mol. The van der Waals surface area contributed by atoms with Gasteiger partial charge in [-0.15, -0.1) is 0 Å². The molecule has 0 aromatic heterocycles. The Balaban J connectivity index is 1.72. The fraction of sp³-hybridized carbons (Fsp3) is 0.944. The van der Waals surface area contributed by atoms with Crippen LogP contribution in [0.4, 0.5) is 0 Å². The Hall–Kier alpha value is -0.570. The van der Waals surface area contributed by atoms with E-state index in [2.05, 4.69) is 33.0 Å². The van der Waals surface area contributed by atoms with E-state index in [1.54, 1.807) is 0 Å². The van der Waals surface area contributed by atoms with Crippen LogP contribution in [0.3, 0.4) is 0 Å². The Morgan fingerprint density at radius 2 is 1.90 bits per heavy atom. The molecule has 0 heterocycles. The van der Waals surface area contributed by atoms with Crippen LogP contribution in [0.5, 0.6) is 0 Å². The van der Waals surface area contributed by atoms with Crippen LogP contribution >= 0.6 is 0 Å². The van der Waals surface area contributed by atoms with Crippen LogP contribution in [0.25, 0.3) is 0 Å². The third kappa shape index (κ3) is 2.42. The molecule has 0 aliphatic heterocycles. The maximum absolute atomic E-state index is 12.8. The highest BCUT2D eigenvalue weighted by atomic mass is 16.2. The number of fused-ring (bicyclic) bond motifs is 2. The van der Waals surface area contributed by atoms with Crippen LogP contribution in [-0.2, 0) is 4.79 Å². The second-order valence-corrected chi connectivity index (χ2v) is 9.05. The third-order valence-corrected chi connectivity index (χ3v) is 7.06. The van der Waals surface area contributed by atoms with Gasteiger partial charge in [0.2, 0.25) is 5.91 Å². The van der Waals surface area contributed by atoms with E-state index in [0.717, 1.165) is 18.8 Å². The normalized spacial score (nSPS) is 48.3. The fourth-order valence-corrected chi connectivity index (χ4v) is 5.62. The molecule has 1 amide bonds. The average molecular weight is 292 g/mol. The molecule has 3 heteroatoms. The standard InChI is InChI=1S/C18H32N2O/c1-11-5-6-14(19)13(9-11)15(21)20-16-17(2,3)12-7-8-18(16,4)10-12/h11-14,16H,5-10,19H2,1-4H3,(H,20,21). The number of rotatable bonds is 2. The Morgan fingerprint density at radius 3 is 2.52 bits per heavy atom. The van der Waals surface area contributed by atoms with Crippen LogP contribution in [-0.4, -0.2) is 18.0 Å². The van der Waals surface area contributed by atoms with Crippen molar-refractivity contribution in [2.75, 3.05) is 0 Å². The maximum Gasteiger partial charge on any atom is 0.224 e.